The highest BCUT2D eigenvalue weighted by Gasteiger charge is 2.48. The Balaban J connectivity index is 1.40. The van der Waals surface area contributed by atoms with Crippen LogP contribution in [0, 0.1) is 0 Å². The van der Waals surface area contributed by atoms with E-state index < -0.39 is 85.3 Å². The van der Waals surface area contributed by atoms with Gasteiger partial charge in [-0.15, -0.1) is 0 Å². The molecule has 0 aromatic heterocycles. The molecule has 0 bridgehead atoms. The van der Waals surface area contributed by atoms with E-state index in [0.29, 0.717) is 0 Å². The largest absolute Gasteiger partial charge is 0.444 e. The molecule has 0 aliphatic carbocycles. The summed E-state index contributed by atoms with van der Waals surface area (Å²) in [6.07, 6.45) is -5.46. The minimum Gasteiger partial charge on any atom is -0.444 e. The van der Waals surface area contributed by atoms with E-state index in [2.05, 4.69) is 16.0 Å². The molecule has 4 aromatic rings. The van der Waals surface area contributed by atoms with Crippen LogP contribution < -0.4 is 20.7 Å². The molecule has 4 aromatic carbocycles. The number of nitrogens with one attached hydrogen (secondary N) is 3. The number of ether oxygens (including phenoxy) is 7. The number of para-hydroxylation sites is 1. The number of hydrogen-bond donors (Lipinski definition) is 3. The molecule has 1 fully saturated rings. The van der Waals surface area contributed by atoms with Crippen molar-refractivity contribution < 1.29 is 52.3 Å². The highest BCUT2D eigenvalue weighted by Crippen LogP contribution is 2.31. The van der Waals surface area contributed by atoms with Crippen LogP contribution in [0.4, 0.5) is 4.79 Å². The minimum atomic E-state index is -1.44. The summed E-state index contributed by atoms with van der Waals surface area (Å²) in [6.45, 7) is 7.05. The van der Waals surface area contributed by atoms with Crippen LogP contribution in [0.1, 0.15) is 50.8 Å². The molecule has 0 radical (unpaired) electrons. The molecule has 1 aliphatic rings. The summed E-state index contributed by atoms with van der Waals surface area (Å²) in [7, 11) is 1.37. The van der Waals surface area contributed by atoms with Crippen LogP contribution in [0.2, 0.25) is 0 Å². The van der Waals surface area contributed by atoms with Gasteiger partial charge in [0.05, 0.1) is 39.0 Å². The Morgan fingerprint density at radius 1 is 0.617 bits per heavy atom. The molecule has 14 heteroatoms. The van der Waals surface area contributed by atoms with E-state index in [-0.39, 0.29) is 25.6 Å². The molecule has 1 aliphatic heterocycles. The maximum atomic E-state index is 14.0. The van der Waals surface area contributed by atoms with Gasteiger partial charge in [0.25, 0.3) is 0 Å². The number of carbonyl (C=O) groups excluding carboxylic acids is 4. The number of alkyl carbamates (subject to hydrolysis) is 1. The first-order chi connectivity index (χ1) is 28.9. The van der Waals surface area contributed by atoms with Gasteiger partial charge in [-0.05, 0) is 56.5 Å². The summed E-state index contributed by atoms with van der Waals surface area (Å²) in [5, 5.41) is 7.59. The zero-order chi connectivity index (χ0) is 42.9. The molecule has 5 rings (SSSR count). The zero-order valence-electron chi connectivity index (χ0n) is 34.6. The fraction of sp³-hybridized carbons (Fsp3) is 0.391. The lowest BCUT2D eigenvalue weighted by Crippen LogP contribution is -2.61. The summed E-state index contributed by atoms with van der Waals surface area (Å²) in [5.74, 6) is -2.00. The van der Waals surface area contributed by atoms with Crippen LogP contribution in [0.25, 0.3) is 0 Å². The van der Waals surface area contributed by atoms with E-state index in [0.717, 1.165) is 16.7 Å². The number of hydrogen-bond acceptors (Lipinski definition) is 11. The van der Waals surface area contributed by atoms with E-state index in [1.807, 2.05) is 97.9 Å². The molecule has 0 spiro atoms. The Morgan fingerprint density at radius 3 is 1.60 bits per heavy atom. The van der Waals surface area contributed by atoms with Crippen molar-refractivity contribution in [2.45, 2.75) is 102 Å². The van der Waals surface area contributed by atoms with E-state index in [1.54, 1.807) is 51.1 Å². The van der Waals surface area contributed by atoms with Gasteiger partial charge >= 0.3 is 12.1 Å². The third-order valence-electron chi connectivity index (χ3n) is 9.24. The van der Waals surface area contributed by atoms with E-state index in [4.69, 9.17) is 33.2 Å². The highest BCUT2D eigenvalue weighted by atomic mass is 16.7. The fourth-order valence-corrected chi connectivity index (χ4v) is 6.31. The van der Waals surface area contributed by atoms with Crippen molar-refractivity contribution in [3.8, 4) is 5.75 Å². The highest BCUT2D eigenvalue weighted by molar-refractivity contribution is 5.93. The summed E-state index contributed by atoms with van der Waals surface area (Å²) in [6, 6.07) is 34.5. The third-order valence-corrected chi connectivity index (χ3v) is 9.24. The molecule has 1 saturated heterocycles. The fourth-order valence-electron chi connectivity index (χ4n) is 6.31. The van der Waals surface area contributed by atoms with Gasteiger partial charge in [-0.1, -0.05) is 109 Å². The molecule has 3 amide bonds. The predicted octanol–water partition coefficient (Wildman–Crippen LogP) is 5.62. The number of amides is 3. The van der Waals surface area contributed by atoms with Gasteiger partial charge in [-0.3, -0.25) is 14.4 Å². The second-order valence-corrected chi connectivity index (χ2v) is 15.2. The molecule has 0 unspecified atom stereocenters. The molecular formula is C46H55N3O11. The molecule has 320 valence electrons. The normalized spacial score (nSPS) is 19.9. The summed E-state index contributed by atoms with van der Waals surface area (Å²) < 4.78 is 43.5. The van der Waals surface area contributed by atoms with Crippen molar-refractivity contribution in [3.05, 3.63) is 138 Å². The average Bonchev–Trinajstić information content (AvgIpc) is 3.23. The standard InChI is InChI=1S/C46H55N3O11/c1-31-39(54-27-32-18-10-6-11-19-32)40(55-28-33-20-12-7-13-21-33)41(56-29-34-22-14-8-15-23-34)44(58-31)57-30-37(49-45(53)60-46(2,3)4)43(52)48-36(42(51)47-5)26-38(50)59-35-24-16-9-17-25-35/h6-25,31,36-37,39-41,44H,26-30H2,1-5H3,(H,47,51)(H,48,52)(H,49,53)/t31-,36-,37+,39+,40+,41-,44+/m0/s1. The first-order valence-electron chi connectivity index (χ1n) is 19.9. The van der Waals surface area contributed by atoms with Crippen molar-refractivity contribution in [1.82, 2.24) is 16.0 Å². The lowest BCUT2D eigenvalue weighted by atomic mass is 9.98. The maximum absolute atomic E-state index is 14.0. The molecule has 0 saturated carbocycles. The number of benzene rings is 4. The molecule has 14 nitrogen and oxygen atoms in total. The van der Waals surface area contributed by atoms with Crippen molar-refractivity contribution in [2.24, 2.45) is 0 Å². The molecule has 60 heavy (non-hydrogen) atoms. The second kappa shape index (κ2) is 22.7. The van der Waals surface area contributed by atoms with E-state index in [1.165, 1.54) is 7.05 Å². The van der Waals surface area contributed by atoms with Gasteiger partial charge in [0, 0.05) is 7.05 Å². The average molecular weight is 826 g/mol. The Morgan fingerprint density at radius 2 is 1.10 bits per heavy atom. The minimum absolute atomic E-state index is 0.159. The van der Waals surface area contributed by atoms with Crippen molar-refractivity contribution in [3.63, 3.8) is 0 Å². The smallest absolute Gasteiger partial charge is 0.408 e. The van der Waals surface area contributed by atoms with Crippen LogP contribution in [-0.2, 0) is 62.6 Å². The number of rotatable bonds is 19. The molecule has 1 heterocycles. The molecule has 7 atom stereocenters. The summed E-state index contributed by atoms with van der Waals surface area (Å²) >= 11 is 0. The second-order valence-electron chi connectivity index (χ2n) is 15.2. The number of esters is 1. The van der Waals surface area contributed by atoms with Gasteiger partial charge in [-0.25, -0.2) is 4.79 Å². The van der Waals surface area contributed by atoms with Crippen LogP contribution in [0.5, 0.6) is 5.75 Å². The van der Waals surface area contributed by atoms with Crippen molar-refractivity contribution in [1.29, 1.82) is 0 Å². The Hall–Kier alpha value is -5.64. The van der Waals surface area contributed by atoms with E-state index in [9.17, 15) is 19.2 Å². The Labute approximate surface area is 351 Å². The Bertz CT molecular complexity index is 1930. The quantitative estimate of drug-likeness (QED) is 0.0793. The monoisotopic (exact) mass is 825 g/mol. The van der Waals surface area contributed by atoms with Crippen LogP contribution in [0.3, 0.4) is 0 Å². The summed E-state index contributed by atoms with van der Waals surface area (Å²) in [4.78, 5) is 53.1. The lowest BCUT2D eigenvalue weighted by molar-refractivity contribution is -0.320. The third kappa shape index (κ3) is 14.6. The molecular weight excluding hydrogens is 771 g/mol. The zero-order valence-corrected chi connectivity index (χ0v) is 34.6. The topological polar surface area (TPSA) is 169 Å². The van der Waals surface area contributed by atoms with Crippen LogP contribution in [-0.4, -0.2) is 85.9 Å². The number of likely N-dealkylation sites (N-methyl/N-ethyl adjacent to an activating group) is 1. The summed E-state index contributed by atoms with van der Waals surface area (Å²) in [5.41, 5.74) is 1.86. The first kappa shape index (κ1) is 45.4. The predicted molar refractivity (Wildman–Crippen MR) is 221 cm³/mol. The van der Waals surface area contributed by atoms with E-state index >= 15 is 0 Å². The van der Waals surface area contributed by atoms with Crippen molar-refractivity contribution in [2.75, 3.05) is 13.7 Å². The van der Waals surface area contributed by atoms with Gasteiger partial charge < -0.3 is 49.1 Å². The van der Waals surface area contributed by atoms with Crippen LogP contribution >= 0.6 is 0 Å². The maximum Gasteiger partial charge on any atom is 0.408 e. The first-order valence-corrected chi connectivity index (χ1v) is 19.9. The van der Waals surface area contributed by atoms with Gasteiger partial charge in [0.2, 0.25) is 11.8 Å². The van der Waals surface area contributed by atoms with Crippen molar-refractivity contribution >= 4 is 23.9 Å². The Kier molecular flexibility index (Phi) is 17.2. The molecule has 3 N–H and O–H groups in total. The lowest BCUT2D eigenvalue weighted by Gasteiger charge is -2.45. The van der Waals surface area contributed by atoms with Crippen LogP contribution in [0.15, 0.2) is 121 Å². The van der Waals surface area contributed by atoms with Gasteiger partial charge in [0.1, 0.15) is 41.7 Å². The number of carbonyl (C=O) groups is 4. The SMILES string of the molecule is CNC(=O)[C@H](CC(=O)Oc1ccccc1)NC(=O)[C@@H](CO[C@@H]1O[C@@H](C)[C@@H](OCc2ccccc2)[C@@H](OCc2ccccc2)[C@@H]1OCc1ccccc1)NC(=O)OC(C)(C)C. The van der Waals surface area contributed by atoms with Gasteiger partial charge in [-0.2, -0.15) is 0 Å². The van der Waals surface area contributed by atoms with Gasteiger partial charge in [0.15, 0.2) is 6.29 Å².